The maximum Gasteiger partial charge on any atom is 2.00 e. The fraction of sp³-hybridized carbons (Fsp3) is 0.0222. The number of fused-ring (bicyclic) bond motifs is 8. The molecule has 2 aliphatic heterocycles. The van der Waals surface area contributed by atoms with Crippen LogP contribution in [-0.2, 0) is 16.5 Å². The predicted molar refractivity (Wildman–Crippen MR) is 214 cm³/mol. The van der Waals surface area contributed by atoms with Gasteiger partial charge in [-0.15, -0.1) is 11.0 Å². The summed E-state index contributed by atoms with van der Waals surface area (Å²) < 4.78 is 18.5. The number of nitro benzene ring substituents is 1. The van der Waals surface area contributed by atoms with Crippen molar-refractivity contribution in [2.24, 2.45) is 0 Å². The van der Waals surface area contributed by atoms with Gasteiger partial charge < -0.3 is 24.2 Å². The maximum absolute atomic E-state index is 11.4. The molecule has 0 atom stereocenters. The molecule has 2 aliphatic rings. The fourth-order valence-electron chi connectivity index (χ4n) is 6.56. The Bertz CT molecular complexity index is 2680. The van der Waals surface area contributed by atoms with Crippen LogP contribution in [0.2, 0.25) is 0 Å². The summed E-state index contributed by atoms with van der Waals surface area (Å²) in [5.74, 6) is 2.57. The van der Waals surface area contributed by atoms with Crippen molar-refractivity contribution in [3.63, 3.8) is 0 Å². The number of nitro groups is 1. The molecule has 4 aromatic carbocycles. The molecule has 8 bridgehead atoms. The zero-order chi connectivity index (χ0) is 37.3. The van der Waals surface area contributed by atoms with Gasteiger partial charge in [-0.1, -0.05) is 96.0 Å². The monoisotopic (exact) mass is 777 g/mol. The van der Waals surface area contributed by atoms with Gasteiger partial charge in [0.05, 0.1) is 29.2 Å². The zero-order valence-corrected chi connectivity index (χ0v) is 30.6. The molecule has 0 saturated carbocycles. The van der Waals surface area contributed by atoms with E-state index >= 15 is 0 Å². The van der Waals surface area contributed by atoms with Crippen molar-refractivity contribution < 1.29 is 35.6 Å². The second-order valence-corrected chi connectivity index (χ2v) is 12.6. The van der Waals surface area contributed by atoms with Crippen molar-refractivity contribution in [3.05, 3.63) is 166 Å². The van der Waals surface area contributed by atoms with Gasteiger partial charge in [-0.25, -0.2) is 9.97 Å². The van der Waals surface area contributed by atoms with Crippen LogP contribution in [0.25, 0.3) is 68.6 Å². The van der Waals surface area contributed by atoms with Crippen LogP contribution < -0.4 is 24.2 Å². The molecule has 10 nitrogen and oxygen atoms in total. The Morgan fingerprint density at radius 2 is 0.911 bits per heavy atom. The van der Waals surface area contributed by atoms with Crippen molar-refractivity contribution in [2.45, 2.75) is 0 Å². The van der Waals surface area contributed by atoms with Gasteiger partial charge in [-0.05, 0) is 83.0 Å². The second-order valence-electron chi connectivity index (χ2n) is 12.6. The number of hydrogen-bond donors (Lipinski definition) is 0. The number of rotatable bonds is 8. The van der Waals surface area contributed by atoms with Crippen LogP contribution in [0.15, 0.2) is 133 Å². The molecular weight excluding hydrogens is 749 g/mol. The molecule has 0 aliphatic carbocycles. The molecule has 7 aromatic rings. The van der Waals surface area contributed by atoms with Gasteiger partial charge in [-0.3, -0.25) is 10.1 Å². The van der Waals surface area contributed by atoms with Gasteiger partial charge in [0.1, 0.15) is 28.6 Å². The van der Waals surface area contributed by atoms with Crippen LogP contribution in [0, 0.1) is 10.1 Å². The van der Waals surface area contributed by atoms with Crippen molar-refractivity contribution in [1.29, 1.82) is 0 Å². The SMILES string of the molecule is COc1ccc(Oc2c3ccc([n-]3)c(-c3ccccc3)c3nc(c(Oc4ccc([N+](=O)[O-])cc4)c4nc(c(-c5ccccc5)c5ccc2[n-]5)C=C4)C=C3)cc1.[Ni+2]. The summed E-state index contributed by atoms with van der Waals surface area (Å²) in [6.45, 7) is 0. The van der Waals surface area contributed by atoms with Crippen molar-refractivity contribution in [3.8, 4) is 51.0 Å². The minimum Gasteiger partial charge on any atom is -0.654 e. The summed E-state index contributed by atoms with van der Waals surface area (Å²) in [5, 5.41) is 11.4. The third kappa shape index (κ3) is 6.95. The smallest absolute Gasteiger partial charge is 0.654 e. The normalized spacial score (nSPS) is 11.5. The topological polar surface area (TPSA) is 125 Å². The second kappa shape index (κ2) is 15.3. The first-order valence-corrected chi connectivity index (χ1v) is 17.4. The first-order chi connectivity index (χ1) is 27.0. The first kappa shape index (κ1) is 35.8. The van der Waals surface area contributed by atoms with E-state index in [9.17, 15) is 10.1 Å². The van der Waals surface area contributed by atoms with Gasteiger partial charge in [0.2, 0.25) is 0 Å². The molecule has 0 fully saturated rings. The Balaban J connectivity index is 0.00000441. The summed E-state index contributed by atoms with van der Waals surface area (Å²) in [7, 11) is 1.62. The number of ether oxygens (including phenoxy) is 3. The van der Waals surface area contributed by atoms with Crippen LogP contribution >= 0.6 is 0 Å². The Labute approximate surface area is 330 Å². The average Bonchev–Trinajstić information content (AvgIpc) is 4.07. The third-order valence-electron chi connectivity index (χ3n) is 9.19. The summed E-state index contributed by atoms with van der Waals surface area (Å²) >= 11 is 0. The Kier molecular flexibility index (Phi) is 9.75. The molecular formula is C45H29N5NiO5. The molecule has 56 heavy (non-hydrogen) atoms. The quantitative estimate of drug-likeness (QED) is 0.0842. The number of methoxy groups -OCH3 is 1. The molecule has 3 aromatic heterocycles. The minimum atomic E-state index is -0.445. The van der Waals surface area contributed by atoms with Crippen molar-refractivity contribution >= 4 is 52.1 Å². The standard InChI is InChI=1S/C45H29N5O5.Ni/c1-53-31-16-18-33(19-17-31)55-45-40-26-22-36(48-40)42(28-8-4-2-5-9-28)34-20-24-38(46-34)44(54-32-14-12-30(13-15-32)50(51)52)39-25-21-35(47-39)43(29-10-6-3-7-11-29)37-23-27-41(45)49-37;/h2-27H,1H3;/q-2;+2. The van der Waals surface area contributed by atoms with E-state index in [0.717, 1.165) is 22.3 Å². The molecule has 0 amide bonds. The van der Waals surface area contributed by atoms with E-state index in [1.165, 1.54) is 12.1 Å². The molecule has 5 heterocycles. The van der Waals surface area contributed by atoms with Crippen LogP contribution in [-0.4, -0.2) is 22.0 Å². The first-order valence-electron chi connectivity index (χ1n) is 17.4. The fourth-order valence-corrected chi connectivity index (χ4v) is 6.56. The maximum atomic E-state index is 11.4. The Morgan fingerprint density at radius 1 is 0.500 bits per heavy atom. The summed E-state index contributed by atoms with van der Waals surface area (Å²) in [6, 6.07) is 41.0. The summed E-state index contributed by atoms with van der Waals surface area (Å²) in [6.07, 6.45) is 7.62. The van der Waals surface area contributed by atoms with E-state index in [0.29, 0.717) is 73.6 Å². The number of hydrogen-bond acceptors (Lipinski definition) is 7. The van der Waals surface area contributed by atoms with E-state index in [1.807, 2.05) is 133 Å². The molecule has 0 saturated heterocycles. The minimum absolute atomic E-state index is 0. The summed E-state index contributed by atoms with van der Waals surface area (Å²) in [5.41, 5.74) is 8.31. The molecule has 0 unspecified atom stereocenters. The largest absolute Gasteiger partial charge is 2.00 e. The van der Waals surface area contributed by atoms with Gasteiger partial charge in [0.25, 0.3) is 5.69 Å². The molecule has 11 heteroatoms. The van der Waals surface area contributed by atoms with Gasteiger partial charge in [0, 0.05) is 12.1 Å². The van der Waals surface area contributed by atoms with Gasteiger partial charge in [0.15, 0.2) is 5.75 Å². The molecule has 274 valence electrons. The molecule has 0 spiro atoms. The van der Waals surface area contributed by atoms with Crippen LogP contribution in [0.5, 0.6) is 28.7 Å². The van der Waals surface area contributed by atoms with E-state index in [1.54, 1.807) is 19.2 Å². The van der Waals surface area contributed by atoms with E-state index in [2.05, 4.69) is 0 Å². The van der Waals surface area contributed by atoms with Gasteiger partial charge >= 0.3 is 16.5 Å². The van der Waals surface area contributed by atoms with Crippen molar-refractivity contribution in [1.82, 2.24) is 19.9 Å². The van der Waals surface area contributed by atoms with E-state index in [4.69, 9.17) is 34.1 Å². The number of nitrogens with zero attached hydrogens (tertiary/aromatic N) is 5. The number of non-ortho nitro benzene ring substituents is 1. The molecule has 0 N–H and O–H groups in total. The van der Waals surface area contributed by atoms with Crippen LogP contribution in [0.4, 0.5) is 5.69 Å². The van der Waals surface area contributed by atoms with E-state index in [-0.39, 0.29) is 22.2 Å². The average molecular weight is 778 g/mol. The van der Waals surface area contributed by atoms with Crippen LogP contribution in [0.1, 0.15) is 22.8 Å². The number of benzene rings is 4. The predicted octanol–water partition coefficient (Wildman–Crippen LogP) is 10.7. The van der Waals surface area contributed by atoms with E-state index < -0.39 is 4.92 Å². The zero-order valence-electron chi connectivity index (χ0n) is 29.6. The summed E-state index contributed by atoms with van der Waals surface area (Å²) in [4.78, 5) is 31.5. The molecule has 9 rings (SSSR count). The van der Waals surface area contributed by atoms with Crippen molar-refractivity contribution in [2.75, 3.05) is 7.11 Å². The number of aromatic nitrogens is 4. The van der Waals surface area contributed by atoms with Gasteiger partial charge in [-0.2, -0.15) is 0 Å². The molecule has 0 radical (unpaired) electrons. The Morgan fingerprint density at radius 3 is 1.38 bits per heavy atom. The Hall–Kier alpha value is -7.23. The van der Waals surface area contributed by atoms with Crippen LogP contribution in [0.3, 0.4) is 0 Å². The third-order valence-corrected chi connectivity index (χ3v) is 9.19.